The lowest BCUT2D eigenvalue weighted by atomic mass is 10.3. The number of carbonyl (C=O) groups is 1. The molecule has 0 spiro atoms. The molecule has 2 aromatic carbocycles. The van der Waals surface area contributed by atoms with E-state index >= 15 is 0 Å². The van der Waals surface area contributed by atoms with Crippen LogP contribution in [0.5, 0.6) is 0 Å². The number of para-hydroxylation sites is 1. The highest BCUT2D eigenvalue weighted by atomic mass is 35.5. The molecule has 1 amide bonds. The zero-order valence-corrected chi connectivity index (χ0v) is 12.4. The Labute approximate surface area is 129 Å². The van der Waals surface area contributed by atoms with Crippen LogP contribution in [-0.2, 0) is 11.3 Å². The average Bonchev–Trinajstić information content (AvgIpc) is 2.78. The number of anilines is 1. The number of halogens is 1. The van der Waals surface area contributed by atoms with E-state index in [9.17, 15) is 9.59 Å². The maximum Gasteiger partial charge on any atom is 0.268 e. The van der Waals surface area contributed by atoms with Crippen molar-refractivity contribution in [2.24, 2.45) is 0 Å². The van der Waals surface area contributed by atoms with Gasteiger partial charge in [0.2, 0.25) is 5.91 Å². The molecule has 0 unspecified atom stereocenters. The topological polar surface area (TPSA) is 51.1 Å². The fourth-order valence-electron chi connectivity index (χ4n) is 2.00. The predicted octanol–water partition coefficient (Wildman–Crippen LogP) is 3.36. The second kappa shape index (κ2) is 5.71. The first-order valence-electron chi connectivity index (χ1n) is 6.28. The summed E-state index contributed by atoms with van der Waals surface area (Å²) < 4.78 is 2.31. The van der Waals surface area contributed by atoms with Gasteiger partial charge in [0.25, 0.3) is 5.56 Å². The minimum atomic E-state index is -0.281. The van der Waals surface area contributed by atoms with Gasteiger partial charge in [-0.2, -0.15) is 0 Å². The van der Waals surface area contributed by atoms with Crippen molar-refractivity contribution in [3.8, 4) is 0 Å². The third-order valence-electron chi connectivity index (χ3n) is 2.99. The van der Waals surface area contributed by atoms with Crippen molar-refractivity contribution in [1.82, 2.24) is 3.96 Å². The van der Waals surface area contributed by atoms with Gasteiger partial charge in [-0.3, -0.25) is 13.5 Å². The number of nitrogens with one attached hydrogen (secondary N) is 1. The molecule has 1 heterocycles. The molecule has 6 heteroatoms. The molecule has 0 aliphatic carbocycles. The van der Waals surface area contributed by atoms with Crippen LogP contribution in [0.15, 0.2) is 53.3 Å². The molecule has 0 bridgehead atoms. The van der Waals surface area contributed by atoms with Crippen molar-refractivity contribution in [2.45, 2.75) is 6.54 Å². The highest BCUT2D eigenvalue weighted by molar-refractivity contribution is 7.13. The molecule has 0 fully saturated rings. The van der Waals surface area contributed by atoms with Crippen LogP contribution in [0.2, 0.25) is 5.02 Å². The third kappa shape index (κ3) is 2.84. The summed E-state index contributed by atoms with van der Waals surface area (Å²) in [7, 11) is 0. The molecule has 21 heavy (non-hydrogen) atoms. The molecular weight excluding hydrogens is 308 g/mol. The Morgan fingerprint density at radius 1 is 1.14 bits per heavy atom. The van der Waals surface area contributed by atoms with E-state index < -0.39 is 0 Å². The summed E-state index contributed by atoms with van der Waals surface area (Å²) in [6.07, 6.45) is 0. The molecule has 1 N–H and O–H groups in total. The van der Waals surface area contributed by atoms with Crippen molar-refractivity contribution in [1.29, 1.82) is 0 Å². The van der Waals surface area contributed by atoms with Gasteiger partial charge in [-0.15, -0.1) is 0 Å². The molecule has 1 aromatic heterocycles. The molecule has 3 rings (SSSR count). The van der Waals surface area contributed by atoms with Crippen LogP contribution in [0, 0.1) is 0 Å². The van der Waals surface area contributed by atoms with Gasteiger partial charge < -0.3 is 5.32 Å². The number of aromatic nitrogens is 1. The van der Waals surface area contributed by atoms with Crippen LogP contribution in [0.4, 0.5) is 5.69 Å². The van der Waals surface area contributed by atoms with E-state index in [1.54, 1.807) is 30.3 Å². The Morgan fingerprint density at radius 3 is 2.62 bits per heavy atom. The van der Waals surface area contributed by atoms with Gasteiger partial charge in [-0.1, -0.05) is 47.4 Å². The fraction of sp³-hybridized carbons (Fsp3) is 0.0667. The molecule has 0 aliphatic heterocycles. The van der Waals surface area contributed by atoms with Crippen LogP contribution in [0.25, 0.3) is 10.1 Å². The zero-order chi connectivity index (χ0) is 14.8. The molecule has 0 aliphatic rings. The molecule has 0 saturated carbocycles. The van der Waals surface area contributed by atoms with E-state index in [-0.39, 0.29) is 18.0 Å². The summed E-state index contributed by atoms with van der Waals surface area (Å²) in [6, 6.07) is 14.3. The third-order valence-corrected chi connectivity index (χ3v) is 4.39. The molecular formula is C15H11ClN2O2S. The van der Waals surface area contributed by atoms with Gasteiger partial charge in [-0.05, 0) is 24.3 Å². The fourth-order valence-corrected chi connectivity index (χ4v) is 3.18. The van der Waals surface area contributed by atoms with Crippen molar-refractivity contribution in [3.63, 3.8) is 0 Å². The van der Waals surface area contributed by atoms with E-state index in [0.29, 0.717) is 16.1 Å². The maximum absolute atomic E-state index is 12.2. The summed E-state index contributed by atoms with van der Waals surface area (Å²) in [6.45, 7) is -0.0244. The predicted molar refractivity (Wildman–Crippen MR) is 86.2 cm³/mol. The number of rotatable bonds is 3. The lowest BCUT2D eigenvalue weighted by Gasteiger charge is -2.06. The number of hydrogen-bond donors (Lipinski definition) is 1. The van der Waals surface area contributed by atoms with Crippen LogP contribution in [0.3, 0.4) is 0 Å². The first-order chi connectivity index (χ1) is 10.1. The lowest BCUT2D eigenvalue weighted by Crippen LogP contribution is -2.23. The Kier molecular flexibility index (Phi) is 3.77. The van der Waals surface area contributed by atoms with Crippen molar-refractivity contribution < 1.29 is 4.79 Å². The Hall–Kier alpha value is -2.11. The average molecular weight is 319 g/mol. The summed E-state index contributed by atoms with van der Waals surface area (Å²) in [5.41, 5.74) is 0.392. The quantitative estimate of drug-likeness (QED) is 0.805. The normalized spacial score (nSPS) is 10.7. The minimum Gasteiger partial charge on any atom is -0.323 e. The summed E-state index contributed by atoms with van der Waals surface area (Å²) in [5.74, 6) is -0.281. The molecule has 3 aromatic rings. The smallest absolute Gasteiger partial charge is 0.268 e. The van der Waals surface area contributed by atoms with Crippen molar-refractivity contribution in [2.75, 3.05) is 5.32 Å². The van der Waals surface area contributed by atoms with Gasteiger partial charge in [0, 0.05) is 0 Å². The van der Waals surface area contributed by atoms with Crippen molar-refractivity contribution in [3.05, 3.63) is 63.9 Å². The first kappa shape index (κ1) is 13.9. The zero-order valence-electron chi connectivity index (χ0n) is 10.9. The molecule has 0 radical (unpaired) electrons. The summed E-state index contributed by atoms with van der Waals surface area (Å²) >= 11 is 7.26. The number of amides is 1. The van der Waals surface area contributed by atoms with Crippen LogP contribution in [0.1, 0.15) is 0 Å². The Morgan fingerprint density at radius 2 is 1.86 bits per heavy atom. The van der Waals surface area contributed by atoms with E-state index in [1.165, 1.54) is 15.5 Å². The van der Waals surface area contributed by atoms with Gasteiger partial charge >= 0.3 is 0 Å². The maximum atomic E-state index is 12.2. The SMILES string of the molecule is O=C(Cn1sc2ccccc2c1=O)Nc1ccccc1Cl. The number of benzene rings is 2. The lowest BCUT2D eigenvalue weighted by molar-refractivity contribution is -0.116. The first-order valence-corrected chi connectivity index (χ1v) is 7.43. The molecule has 4 nitrogen and oxygen atoms in total. The van der Waals surface area contributed by atoms with E-state index in [0.717, 1.165) is 4.70 Å². The highest BCUT2D eigenvalue weighted by Crippen LogP contribution is 2.21. The standard InChI is InChI=1S/C15H11ClN2O2S/c16-11-6-2-3-7-12(11)17-14(19)9-18-15(20)10-5-1-4-8-13(10)21-18/h1-8H,9H2,(H,17,19). The van der Waals surface area contributed by atoms with Gasteiger partial charge in [0.05, 0.1) is 20.8 Å². The van der Waals surface area contributed by atoms with Gasteiger partial charge in [0.1, 0.15) is 6.54 Å². The second-order valence-corrected chi connectivity index (χ2v) is 5.93. The summed E-state index contributed by atoms with van der Waals surface area (Å²) in [4.78, 5) is 24.2. The molecule has 106 valence electrons. The second-order valence-electron chi connectivity index (χ2n) is 4.46. The minimum absolute atomic E-state index is 0.0244. The van der Waals surface area contributed by atoms with E-state index in [1.807, 2.05) is 18.2 Å². The van der Waals surface area contributed by atoms with Crippen molar-refractivity contribution >= 4 is 44.8 Å². The summed E-state index contributed by atoms with van der Waals surface area (Å²) in [5, 5.41) is 3.81. The van der Waals surface area contributed by atoms with Crippen LogP contribution < -0.4 is 10.9 Å². The van der Waals surface area contributed by atoms with Crippen LogP contribution >= 0.6 is 23.1 Å². The van der Waals surface area contributed by atoms with Crippen LogP contribution in [-0.4, -0.2) is 9.86 Å². The number of carbonyl (C=O) groups excluding carboxylic acids is 1. The molecule has 0 saturated heterocycles. The van der Waals surface area contributed by atoms with E-state index in [2.05, 4.69) is 5.32 Å². The monoisotopic (exact) mass is 318 g/mol. The Balaban J connectivity index is 1.82. The van der Waals surface area contributed by atoms with Gasteiger partial charge in [0.15, 0.2) is 0 Å². The molecule has 0 atom stereocenters. The highest BCUT2D eigenvalue weighted by Gasteiger charge is 2.11. The largest absolute Gasteiger partial charge is 0.323 e. The number of hydrogen-bond acceptors (Lipinski definition) is 3. The van der Waals surface area contributed by atoms with Gasteiger partial charge in [-0.25, -0.2) is 0 Å². The number of nitrogens with zero attached hydrogens (tertiary/aromatic N) is 1. The Bertz CT molecular complexity index is 869. The number of fused-ring (bicyclic) bond motifs is 1. The van der Waals surface area contributed by atoms with E-state index in [4.69, 9.17) is 11.6 Å².